The van der Waals surface area contributed by atoms with Gasteiger partial charge in [0.25, 0.3) is 0 Å². The van der Waals surface area contributed by atoms with E-state index in [-0.39, 0.29) is 38.6 Å². The van der Waals surface area contributed by atoms with Gasteiger partial charge in [0, 0.05) is 5.57 Å². The van der Waals surface area contributed by atoms with Gasteiger partial charge in [-0.15, -0.1) is 0 Å². The first-order valence-electron chi connectivity index (χ1n) is 6.85. The molecule has 0 fully saturated rings. The Hall–Kier alpha value is -2.63. The van der Waals surface area contributed by atoms with E-state index in [2.05, 4.69) is 40.5 Å². The number of hydrogen-bond donors (Lipinski definition) is 0. The van der Waals surface area contributed by atoms with Gasteiger partial charge in [0.1, 0.15) is 19.8 Å². The van der Waals surface area contributed by atoms with E-state index in [4.69, 9.17) is 0 Å². The summed E-state index contributed by atoms with van der Waals surface area (Å²) in [5.41, 5.74) is 0.414. The Bertz CT molecular complexity index is 412. The van der Waals surface area contributed by atoms with Gasteiger partial charge in [-0.2, -0.15) is 0 Å². The lowest BCUT2D eigenvalue weighted by Gasteiger charge is -2.02. The van der Waals surface area contributed by atoms with E-state index >= 15 is 0 Å². The van der Waals surface area contributed by atoms with Crippen LogP contribution >= 0.6 is 0 Å². The Morgan fingerprint density at radius 2 is 1.13 bits per heavy atom. The molecule has 0 N–H and O–H groups in total. The van der Waals surface area contributed by atoms with Gasteiger partial charge in [-0.3, -0.25) is 9.59 Å². The number of hydrogen-bond acceptors (Lipinski definition) is 6. The first kappa shape index (κ1) is 22.6. The van der Waals surface area contributed by atoms with Crippen LogP contribution in [0.4, 0.5) is 0 Å². The van der Waals surface area contributed by atoms with Crippen LogP contribution in [0.5, 0.6) is 0 Å². The van der Waals surface area contributed by atoms with E-state index in [1.807, 2.05) is 0 Å². The zero-order valence-corrected chi connectivity index (χ0v) is 13.5. The molecule has 0 aromatic carbocycles. The van der Waals surface area contributed by atoms with Crippen molar-refractivity contribution in [1.82, 2.24) is 0 Å². The second kappa shape index (κ2) is 15.8. The molecule has 0 unspecified atom stereocenters. The van der Waals surface area contributed by atoms with Crippen LogP contribution in [-0.2, 0) is 28.6 Å². The molecule has 0 atom stereocenters. The molecule has 0 aromatic heterocycles. The molecule has 0 aliphatic carbocycles. The molecule has 0 amide bonds. The summed E-state index contributed by atoms with van der Waals surface area (Å²) < 4.78 is 13.9. The smallest absolute Gasteiger partial charge is 0.333 e. The van der Waals surface area contributed by atoms with Crippen LogP contribution in [0.3, 0.4) is 0 Å². The fourth-order valence-corrected chi connectivity index (χ4v) is 0.910. The van der Waals surface area contributed by atoms with Crippen molar-refractivity contribution in [3.05, 3.63) is 50.1 Å². The number of ether oxygens (including phenoxy) is 3. The summed E-state index contributed by atoms with van der Waals surface area (Å²) in [5, 5.41) is 0. The molecular formula is C17H24O6. The number of carbonyl (C=O) groups is 3. The highest BCUT2D eigenvalue weighted by Gasteiger charge is 2.07. The van der Waals surface area contributed by atoms with Crippen molar-refractivity contribution in [1.29, 1.82) is 0 Å². The molecule has 0 bridgehead atoms. The van der Waals surface area contributed by atoms with Gasteiger partial charge in [0.15, 0.2) is 0 Å². The number of rotatable bonds is 10. The van der Waals surface area contributed by atoms with Crippen molar-refractivity contribution >= 4 is 17.9 Å². The summed E-state index contributed by atoms with van der Waals surface area (Å²) in [5.74, 6) is -1.23. The second-order valence-electron chi connectivity index (χ2n) is 4.11. The monoisotopic (exact) mass is 324 g/mol. The molecule has 23 heavy (non-hydrogen) atoms. The fraction of sp³-hybridized carbons (Fsp3) is 0.353. The normalized spacial score (nSPS) is 8.57. The molecule has 0 rings (SSSR count). The molecule has 0 saturated heterocycles. The van der Waals surface area contributed by atoms with Crippen LogP contribution in [0.1, 0.15) is 19.8 Å². The predicted molar refractivity (Wildman–Crippen MR) is 87.5 cm³/mol. The average Bonchev–Trinajstić information content (AvgIpc) is 2.54. The van der Waals surface area contributed by atoms with Gasteiger partial charge in [-0.05, 0) is 6.92 Å². The summed E-state index contributed by atoms with van der Waals surface area (Å²) in [4.78, 5) is 32.3. The molecule has 6 heteroatoms. The minimum atomic E-state index is -0.430. The number of carbonyl (C=O) groups excluding carboxylic acids is 3. The van der Waals surface area contributed by atoms with Gasteiger partial charge in [-0.1, -0.05) is 44.5 Å². The first-order chi connectivity index (χ1) is 10.9. The quantitative estimate of drug-likeness (QED) is 0.266. The molecule has 0 spiro atoms. The molecule has 0 saturated carbocycles. The third-order valence-electron chi connectivity index (χ3n) is 1.94. The van der Waals surface area contributed by atoms with Gasteiger partial charge >= 0.3 is 17.9 Å². The maximum Gasteiger partial charge on any atom is 0.333 e. The topological polar surface area (TPSA) is 78.9 Å². The van der Waals surface area contributed by atoms with Crippen LogP contribution in [0.25, 0.3) is 0 Å². The van der Waals surface area contributed by atoms with Crippen molar-refractivity contribution in [2.45, 2.75) is 19.8 Å². The third-order valence-corrected chi connectivity index (χ3v) is 1.94. The highest BCUT2D eigenvalue weighted by Crippen LogP contribution is 1.96. The Kier molecular flexibility index (Phi) is 15.5. The molecule has 0 aromatic rings. The average molecular weight is 324 g/mol. The van der Waals surface area contributed by atoms with E-state index in [0.29, 0.717) is 5.57 Å². The van der Waals surface area contributed by atoms with Crippen LogP contribution in [0, 0.1) is 0 Å². The third kappa shape index (κ3) is 17.3. The zero-order valence-electron chi connectivity index (χ0n) is 13.5. The molecule has 0 heterocycles. The van der Waals surface area contributed by atoms with E-state index < -0.39 is 11.9 Å². The van der Waals surface area contributed by atoms with Crippen LogP contribution in [-0.4, -0.2) is 37.7 Å². The molecule has 0 radical (unpaired) electrons. The first-order valence-corrected chi connectivity index (χ1v) is 6.85. The zero-order chi connectivity index (χ0) is 18.1. The van der Waals surface area contributed by atoms with E-state index in [0.717, 1.165) is 0 Å². The standard InChI is InChI=1S/C10H14O4.C7H10O2/c1-3-7-13-9(11)5-6-10(12)14-8-4-2;1-4-5-9-7(8)6(2)3/h3-4H,1-2,5-8H2;4H,1-2,5H2,3H3. The summed E-state index contributed by atoms with van der Waals surface area (Å²) >= 11 is 0. The molecule has 6 nitrogen and oxygen atoms in total. The van der Waals surface area contributed by atoms with Crippen molar-refractivity contribution in [3.8, 4) is 0 Å². The summed E-state index contributed by atoms with van der Waals surface area (Å²) in [6, 6.07) is 0. The Balaban J connectivity index is 0. The highest BCUT2D eigenvalue weighted by atomic mass is 16.5. The lowest BCUT2D eigenvalue weighted by atomic mass is 10.3. The van der Waals surface area contributed by atoms with E-state index in [1.165, 1.54) is 18.2 Å². The van der Waals surface area contributed by atoms with Crippen LogP contribution in [0.2, 0.25) is 0 Å². The minimum absolute atomic E-state index is 0.0316. The highest BCUT2D eigenvalue weighted by molar-refractivity contribution is 5.86. The Labute approximate surface area is 137 Å². The van der Waals surface area contributed by atoms with E-state index in [1.54, 1.807) is 6.92 Å². The lowest BCUT2D eigenvalue weighted by Crippen LogP contribution is -2.10. The van der Waals surface area contributed by atoms with Gasteiger partial charge in [0.05, 0.1) is 12.8 Å². The van der Waals surface area contributed by atoms with Gasteiger partial charge < -0.3 is 14.2 Å². The summed E-state index contributed by atoms with van der Waals surface area (Å²) in [7, 11) is 0. The molecule has 0 aliphatic heterocycles. The second-order valence-corrected chi connectivity index (χ2v) is 4.11. The van der Waals surface area contributed by atoms with Crippen LogP contribution < -0.4 is 0 Å². The molecule has 128 valence electrons. The maximum atomic E-state index is 10.9. The number of esters is 3. The lowest BCUT2D eigenvalue weighted by molar-refractivity contribution is -0.149. The molecule has 0 aliphatic rings. The summed E-state index contributed by atoms with van der Waals surface area (Å²) in [6.07, 6.45) is 4.51. The van der Waals surface area contributed by atoms with Gasteiger partial charge in [-0.25, -0.2) is 4.79 Å². The van der Waals surface area contributed by atoms with Crippen molar-refractivity contribution in [2.75, 3.05) is 19.8 Å². The largest absolute Gasteiger partial charge is 0.461 e. The van der Waals surface area contributed by atoms with Crippen molar-refractivity contribution in [3.63, 3.8) is 0 Å². The Morgan fingerprint density at radius 1 is 0.783 bits per heavy atom. The van der Waals surface area contributed by atoms with E-state index in [9.17, 15) is 14.4 Å². The van der Waals surface area contributed by atoms with Gasteiger partial charge in [0.2, 0.25) is 0 Å². The molecular weight excluding hydrogens is 300 g/mol. The van der Waals surface area contributed by atoms with Crippen LogP contribution in [0.15, 0.2) is 50.1 Å². The summed E-state index contributed by atoms with van der Waals surface area (Å²) in [6.45, 7) is 15.8. The fourth-order valence-electron chi connectivity index (χ4n) is 0.910. The maximum absolute atomic E-state index is 10.9. The predicted octanol–water partition coefficient (Wildman–Crippen LogP) is 2.52. The van der Waals surface area contributed by atoms with Crippen molar-refractivity contribution in [2.24, 2.45) is 0 Å². The SMILES string of the molecule is C=CCOC(=O)C(=C)C.C=CCOC(=O)CCC(=O)OCC=C. The Morgan fingerprint density at radius 3 is 1.43 bits per heavy atom. The minimum Gasteiger partial charge on any atom is -0.461 e. The van der Waals surface area contributed by atoms with Crippen molar-refractivity contribution < 1.29 is 28.6 Å².